The second-order valence-corrected chi connectivity index (χ2v) is 5.16. The van der Waals surface area contributed by atoms with Crippen LogP contribution in [0.1, 0.15) is 53.7 Å². The molecule has 1 unspecified atom stereocenters. The van der Waals surface area contributed by atoms with Crippen molar-refractivity contribution < 1.29 is 9.52 Å². The lowest BCUT2D eigenvalue weighted by Crippen LogP contribution is -2.09. The maximum Gasteiger partial charge on any atom is 0.139 e. The van der Waals surface area contributed by atoms with Crippen LogP contribution in [0.4, 0.5) is 0 Å². The minimum absolute atomic E-state index is 0.645. The van der Waals surface area contributed by atoms with E-state index in [9.17, 15) is 5.11 Å². The number of furan rings is 1. The van der Waals surface area contributed by atoms with Gasteiger partial charge in [-0.3, -0.25) is 0 Å². The van der Waals surface area contributed by atoms with Crippen LogP contribution in [-0.2, 0) is 0 Å². The van der Waals surface area contributed by atoms with Gasteiger partial charge in [-0.15, -0.1) is 0 Å². The molecule has 0 bridgehead atoms. The first-order valence-electron chi connectivity index (χ1n) is 6.57. The third kappa shape index (κ3) is 1.97. The predicted octanol–water partition coefficient (Wildman–Crippen LogP) is 3.94. The molecule has 0 aliphatic heterocycles. The lowest BCUT2D eigenvalue weighted by molar-refractivity contribution is 0.188. The smallest absolute Gasteiger partial charge is 0.139 e. The van der Waals surface area contributed by atoms with Crippen LogP contribution in [0.25, 0.3) is 0 Å². The van der Waals surface area contributed by atoms with Crippen LogP contribution in [0.5, 0.6) is 0 Å². The fraction of sp³-hybridized carbons (Fsp3) is 0.375. The molecule has 3 rings (SSSR count). The van der Waals surface area contributed by atoms with Gasteiger partial charge < -0.3 is 9.52 Å². The molecule has 0 saturated heterocycles. The fourth-order valence-electron chi connectivity index (χ4n) is 2.51. The number of benzene rings is 1. The zero-order chi connectivity index (χ0) is 12.5. The normalized spacial score (nSPS) is 17.4. The molecular formula is C16H18O2. The maximum atomic E-state index is 10.3. The molecule has 1 aliphatic carbocycles. The first kappa shape index (κ1) is 11.5. The molecule has 94 valence electrons. The third-order valence-corrected chi connectivity index (χ3v) is 3.98. The first-order valence-corrected chi connectivity index (χ1v) is 6.57. The molecule has 0 spiro atoms. The van der Waals surface area contributed by atoms with Gasteiger partial charge in [0.05, 0.1) is 6.26 Å². The summed E-state index contributed by atoms with van der Waals surface area (Å²) in [6.45, 7) is 1.95. The van der Waals surface area contributed by atoms with Gasteiger partial charge in [-0.2, -0.15) is 0 Å². The Morgan fingerprint density at radius 3 is 2.39 bits per heavy atom. The molecule has 1 aliphatic rings. The highest BCUT2D eigenvalue weighted by Gasteiger charge is 2.20. The molecule has 1 fully saturated rings. The predicted molar refractivity (Wildman–Crippen MR) is 70.5 cm³/mol. The van der Waals surface area contributed by atoms with Gasteiger partial charge in [-0.1, -0.05) is 30.7 Å². The van der Waals surface area contributed by atoms with Crippen molar-refractivity contribution >= 4 is 0 Å². The van der Waals surface area contributed by atoms with Crippen LogP contribution in [0.3, 0.4) is 0 Å². The van der Waals surface area contributed by atoms with Crippen LogP contribution in [0.15, 0.2) is 41.0 Å². The van der Waals surface area contributed by atoms with Gasteiger partial charge in [-0.05, 0) is 48.4 Å². The largest absolute Gasteiger partial charge is 0.466 e. The highest BCUT2D eigenvalue weighted by Crippen LogP contribution is 2.37. The molecule has 1 heterocycles. The average molecular weight is 242 g/mol. The number of hydrogen-bond donors (Lipinski definition) is 1. The number of hydrogen-bond acceptors (Lipinski definition) is 2. The molecule has 1 N–H and O–H groups in total. The zero-order valence-electron chi connectivity index (χ0n) is 10.6. The van der Waals surface area contributed by atoms with Gasteiger partial charge in [0, 0.05) is 0 Å². The summed E-state index contributed by atoms with van der Waals surface area (Å²) in [5.41, 5.74) is 3.29. The van der Waals surface area contributed by atoms with E-state index in [2.05, 4.69) is 12.1 Å². The number of aliphatic hydroxyl groups is 1. The summed E-state index contributed by atoms with van der Waals surface area (Å²) in [5.74, 6) is 1.38. The zero-order valence-corrected chi connectivity index (χ0v) is 10.6. The van der Waals surface area contributed by atoms with Crippen molar-refractivity contribution in [3.05, 3.63) is 59.0 Å². The van der Waals surface area contributed by atoms with Crippen molar-refractivity contribution in [3.8, 4) is 0 Å². The van der Waals surface area contributed by atoms with Crippen molar-refractivity contribution in [2.24, 2.45) is 0 Å². The molecule has 18 heavy (non-hydrogen) atoms. The molecule has 2 aromatic rings. The molecular weight excluding hydrogens is 224 g/mol. The molecule has 1 atom stereocenters. The molecule has 1 saturated carbocycles. The van der Waals surface area contributed by atoms with Gasteiger partial charge in [0.15, 0.2) is 0 Å². The Morgan fingerprint density at radius 1 is 1.17 bits per heavy atom. The molecule has 2 nitrogen and oxygen atoms in total. The van der Waals surface area contributed by atoms with Crippen LogP contribution in [0.2, 0.25) is 0 Å². The Kier molecular flexibility index (Phi) is 2.96. The van der Waals surface area contributed by atoms with Crippen LogP contribution >= 0.6 is 0 Å². The number of aryl methyl sites for hydroxylation is 1. The van der Waals surface area contributed by atoms with E-state index >= 15 is 0 Å². The Hall–Kier alpha value is -1.54. The summed E-state index contributed by atoms with van der Waals surface area (Å²) in [6.07, 6.45) is 4.92. The summed E-state index contributed by atoms with van der Waals surface area (Å²) >= 11 is 0. The van der Waals surface area contributed by atoms with Gasteiger partial charge in [0.25, 0.3) is 0 Å². The summed E-state index contributed by atoms with van der Waals surface area (Å²) < 4.78 is 5.34. The first-order chi connectivity index (χ1) is 8.75. The number of rotatable bonds is 3. The summed E-state index contributed by atoms with van der Waals surface area (Å²) in [7, 11) is 0. The quantitative estimate of drug-likeness (QED) is 0.884. The topological polar surface area (TPSA) is 33.4 Å². The van der Waals surface area contributed by atoms with E-state index in [4.69, 9.17) is 4.42 Å². The van der Waals surface area contributed by atoms with Crippen LogP contribution in [0, 0.1) is 6.92 Å². The molecule has 1 aromatic heterocycles. The van der Waals surface area contributed by atoms with Gasteiger partial charge in [0.1, 0.15) is 11.9 Å². The van der Waals surface area contributed by atoms with E-state index in [1.165, 1.54) is 24.8 Å². The second-order valence-electron chi connectivity index (χ2n) is 5.16. The summed E-state index contributed by atoms with van der Waals surface area (Å²) in [6, 6.07) is 10.2. The van der Waals surface area contributed by atoms with Crippen LogP contribution < -0.4 is 0 Å². The second kappa shape index (κ2) is 4.62. The van der Waals surface area contributed by atoms with E-state index in [1.807, 2.05) is 25.1 Å². The van der Waals surface area contributed by atoms with Gasteiger partial charge in [-0.25, -0.2) is 0 Å². The van der Waals surface area contributed by atoms with Gasteiger partial charge in [0.2, 0.25) is 0 Å². The highest BCUT2D eigenvalue weighted by molar-refractivity contribution is 5.32. The van der Waals surface area contributed by atoms with Crippen molar-refractivity contribution in [2.45, 2.75) is 38.2 Å². The Bertz CT molecular complexity index is 520. The van der Waals surface area contributed by atoms with E-state index in [1.54, 1.807) is 6.26 Å². The standard InChI is InChI=1S/C16H18O2/c1-11-9-10-18-16(11)15(17)14-7-5-13(6-8-14)12-3-2-4-12/h5-10,12,15,17H,2-4H2,1H3. The molecule has 1 aromatic carbocycles. The van der Waals surface area contributed by atoms with Crippen molar-refractivity contribution in [1.82, 2.24) is 0 Å². The van der Waals surface area contributed by atoms with Crippen molar-refractivity contribution in [3.63, 3.8) is 0 Å². The fourth-order valence-corrected chi connectivity index (χ4v) is 2.51. The van der Waals surface area contributed by atoms with E-state index < -0.39 is 6.10 Å². The van der Waals surface area contributed by atoms with E-state index in [0.717, 1.165) is 17.0 Å². The highest BCUT2D eigenvalue weighted by atomic mass is 16.4. The summed E-state index contributed by atoms with van der Waals surface area (Å²) in [5, 5.41) is 10.3. The lowest BCUT2D eigenvalue weighted by Gasteiger charge is -2.26. The van der Waals surface area contributed by atoms with E-state index in [0.29, 0.717) is 5.76 Å². The van der Waals surface area contributed by atoms with Gasteiger partial charge >= 0.3 is 0 Å². The van der Waals surface area contributed by atoms with E-state index in [-0.39, 0.29) is 0 Å². The minimum Gasteiger partial charge on any atom is -0.466 e. The molecule has 0 amide bonds. The Balaban J connectivity index is 1.82. The SMILES string of the molecule is Cc1ccoc1C(O)c1ccc(C2CCC2)cc1. The molecule has 0 radical (unpaired) electrons. The minimum atomic E-state index is -0.657. The maximum absolute atomic E-state index is 10.3. The van der Waals surface area contributed by atoms with Crippen molar-refractivity contribution in [1.29, 1.82) is 0 Å². The Labute approximate surface area is 107 Å². The summed E-state index contributed by atoms with van der Waals surface area (Å²) in [4.78, 5) is 0. The number of aliphatic hydroxyl groups excluding tert-OH is 1. The third-order valence-electron chi connectivity index (χ3n) is 3.98. The van der Waals surface area contributed by atoms with Crippen molar-refractivity contribution in [2.75, 3.05) is 0 Å². The monoisotopic (exact) mass is 242 g/mol. The molecule has 2 heteroatoms. The average Bonchev–Trinajstić information content (AvgIpc) is 2.73. The Morgan fingerprint density at radius 2 is 1.89 bits per heavy atom. The van der Waals surface area contributed by atoms with Crippen LogP contribution in [-0.4, -0.2) is 5.11 Å². The lowest BCUT2D eigenvalue weighted by atomic mass is 9.80.